The van der Waals surface area contributed by atoms with E-state index in [-0.39, 0.29) is 16.9 Å². The minimum atomic E-state index is -4.07. The Kier molecular flexibility index (Phi) is 4.97. The van der Waals surface area contributed by atoms with Crippen LogP contribution >= 0.6 is 0 Å². The van der Waals surface area contributed by atoms with Crippen molar-refractivity contribution in [1.82, 2.24) is 4.31 Å². The normalized spacial score (nSPS) is 15.1. The molecule has 0 radical (unpaired) electrons. The summed E-state index contributed by atoms with van der Waals surface area (Å²) in [6.07, 6.45) is 0.967. The number of carbonyl (C=O) groups excluding carboxylic acids is 1. The van der Waals surface area contributed by atoms with Crippen molar-refractivity contribution in [3.8, 4) is 0 Å². The summed E-state index contributed by atoms with van der Waals surface area (Å²) in [7, 11) is -2.88. The highest BCUT2D eigenvalue weighted by molar-refractivity contribution is 7.89. The van der Waals surface area contributed by atoms with E-state index >= 15 is 0 Å². The number of halogens is 3. The minimum Gasteiger partial charge on any atom is -0.469 e. The van der Waals surface area contributed by atoms with E-state index in [1.54, 1.807) is 6.07 Å². The van der Waals surface area contributed by atoms with Crippen LogP contribution in [0.3, 0.4) is 0 Å². The first kappa shape index (κ1) is 19.0. The van der Waals surface area contributed by atoms with Gasteiger partial charge in [0, 0.05) is 23.4 Å². The van der Waals surface area contributed by atoms with Gasteiger partial charge in [0.05, 0.1) is 25.0 Å². The van der Waals surface area contributed by atoms with Crippen LogP contribution in [0.1, 0.15) is 17.5 Å². The number of hydrogen-bond acceptors (Lipinski definition) is 4. The van der Waals surface area contributed by atoms with Crippen molar-refractivity contribution in [1.29, 1.82) is 0 Å². The molecule has 1 aliphatic rings. The van der Waals surface area contributed by atoms with E-state index in [0.29, 0.717) is 23.3 Å². The van der Waals surface area contributed by atoms with Gasteiger partial charge in [-0.15, -0.1) is 0 Å². The molecule has 0 N–H and O–H groups in total. The highest BCUT2D eigenvalue weighted by Gasteiger charge is 2.32. The molecule has 5 nitrogen and oxygen atoms in total. The molecule has 0 atom stereocenters. The number of hydrogen-bond donors (Lipinski definition) is 0. The summed E-state index contributed by atoms with van der Waals surface area (Å²) in [6, 6.07) is 6.97. The molecule has 3 rings (SSSR count). The van der Waals surface area contributed by atoms with Crippen LogP contribution < -0.4 is 0 Å². The third-order valence-electron chi connectivity index (χ3n) is 4.10. The molecule has 0 fully saturated rings. The van der Waals surface area contributed by atoms with Crippen LogP contribution in [0.5, 0.6) is 0 Å². The van der Waals surface area contributed by atoms with Crippen molar-refractivity contribution in [2.75, 3.05) is 7.11 Å². The van der Waals surface area contributed by atoms with Gasteiger partial charge in [0.25, 0.3) is 10.0 Å². The van der Waals surface area contributed by atoms with Crippen molar-refractivity contribution >= 4 is 21.6 Å². The molecule has 27 heavy (non-hydrogen) atoms. The Balaban J connectivity index is 2.08. The highest BCUT2D eigenvalue weighted by Crippen LogP contribution is 2.35. The maximum atomic E-state index is 14.0. The van der Waals surface area contributed by atoms with Crippen LogP contribution in [0, 0.1) is 17.5 Å². The predicted molar refractivity (Wildman–Crippen MR) is 90.1 cm³/mol. The summed E-state index contributed by atoms with van der Waals surface area (Å²) in [6.45, 7) is -0.565. The Labute approximate surface area is 153 Å². The molecular weight excluding hydrogens is 383 g/mol. The molecule has 0 spiro atoms. The average Bonchev–Trinajstić information content (AvgIpc) is 2.63. The SMILES string of the molecule is COC(=O)CC1=CN(Cc2cc(F)c(F)cc2F)S(=O)(=O)c2ccccc21. The molecule has 0 aliphatic carbocycles. The number of ether oxygens (including phenoxy) is 1. The van der Waals surface area contributed by atoms with E-state index in [9.17, 15) is 26.4 Å². The molecule has 9 heteroatoms. The first-order chi connectivity index (χ1) is 12.7. The van der Waals surface area contributed by atoms with Crippen LogP contribution in [-0.4, -0.2) is 25.8 Å². The molecule has 0 bridgehead atoms. The lowest BCUT2D eigenvalue weighted by molar-refractivity contribution is -0.139. The topological polar surface area (TPSA) is 63.7 Å². The van der Waals surface area contributed by atoms with Crippen LogP contribution in [0.25, 0.3) is 5.57 Å². The van der Waals surface area contributed by atoms with E-state index < -0.39 is 40.0 Å². The fourth-order valence-corrected chi connectivity index (χ4v) is 4.30. The first-order valence-electron chi connectivity index (χ1n) is 7.76. The summed E-state index contributed by atoms with van der Waals surface area (Å²) in [5.41, 5.74) is 0.325. The van der Waals surface area contributed by atoms with Crippen molar-refractivity contribution in [3.63, 3.8) is 0 Å². The summed E-state index contributed by atoms with van der Waals surface area (Å²) >= 11 is 0. The van der Waals surface area contributed by atoms with Gasteiger partial charge >= 0.3 is 5.97 Å². The van der Waals surface area contributed by atoms with Gasteiger partial charge in [-0.2, -0.15) is 0 Å². The average molecular weight is 397 g/mol. The zero-order chi connectivity index (χ0) is 19.8. The van der Waals surface area contributed by atoms with Gasteiger partial charge < -0.3 is 4.74 Å². The van der Waals surface area contributed by atoms with E-state index in [1.807, 2.05) is 0 Å². The largest absolute Gasteiger partial charge is 0.469 e. The molecule has 2 aromatic rings. The van der Waals surface area contributed by atoms with Crippen molar-refractivity contribution in [2.45, 2.75) is 17.9 Å². The number of fused-ring (bicyclic) bond motifs is 1. The Morgan fingerprint density at radius 2 is 1.74 bits per heavy atom. The molecule has 0 saturated heterocycles. The second-order valence-corrected chi connectivity index (χ2v) is 7.67. The zero-order valence-electron chi connectivity index (χ0n) is 14.1. The van der Waals surface area contributed by atoms with Gasteiger partial charge in [-0.25, -0.2) is 21.6 Å². The number of benzene rings is 2. The summed E-state index contributed by atoms with van der Waals surface area (Å²) in [4.78, 5) is 11.6. The van der Waals surface area contributed by atoms with Gasteiger partial charge in [0.1, 0.15) is 5.82 Å². The Morgan fingerprint density at radius 3 is 2.44 bits per heavy atom. The third-order valence-corrected chi connectivity index (χ3v) is 5.86. The standard InChI is InChI=1S/C18H14F3NO4S/c1-26-18(23)7-11-9-22(10-12-6-15(20)16(21)8-14(12)19)27(24,25)17-5-3-2-4-13(11)17/h2-6,8-9H,7,10H2,1H3. The summed E-state index contributed by atoms with van der Waals surface area (Å²) in [5.74, 6) is -4.33. The van der Waals surface area contributed by atoms with E-state index in [2.05, 4.69) is 4.74 Å². The zero-order valence-corrected chi connectivity index (χ0v) is 14.9. The molecule has 0 amide bonds. The van der Waals surface area contributed by atoms with E-state index in [0.717, 1.165) is 4.31 Å². The number of methoxy groups -OCH3 is 1. The van der Waals surface area contributed by atoms with Crippen molar-refractivity contribution < 1.29 is 31.1 Å². The van der Waals surface area contributed by atoms with Crippen LogP contribution in [0.15, 0.2) is 47.5 Å². The van der Waals surface area contributed by atoms with Crippen molar-refractivity contribution in [2.24, 2.45) is 0 Å². The summed E-state index contributed by atoms with van der Waals surface area (Å²) < 4.78 is 71.7. The molecule has 1 aliphatic heterocycles. The Bertz CT molecular complexity index is 1050. The summed E-state index contributed by atoms with van der Waals surface area (Å²) in [5, 5.41) is 0. The predicted octanol–water partition coefficient (Wildman–Crippen LogP) is 3.21. The molecule has 0 saturated carbocycles. The quantitative estimate of drug-likeness (QED) is 0.587. The minimum absolute atomic E-state index is 0.0746. The maximum absolute atomic E-state index is 14.0. The monoisotopic (exact) mass is 397 g/mol. The molecular formula is C18H14F3NO4S. The lowest BCUT2D eigenvalue weighted by Crippen LogP contribution is -2.30. The van der Waals surface area contributed by atoms with Crippen LogP contribution in [-0.2, 0) is 26.1 Å². The third kappa shape index (κ3) is 3.55. The second-order valence-electron chi connectivity index (χ2n) is 5.81. The fourth-order valence-electron chi connectivity index (χ4n) is 2.75. The van der Waals surface area contributed by atoms with E-state index in [4.69, 9.17) is 0 Å². The molecule has 2 aromatic carbocycles. The maximum Gasteiger partial charge on any atom is 0.310 e. The van der Waals surface area contributed by atoms with Crippen molar-refractivity contribution in [3.05, 3.63) is 71.2 Å². The van der Waals surface area contributed by atoms with Gasteiger partial charge in [0.2, 0.25) is 0 Å². The number of carbonyl (C=O) groups is 1. The Hall–Kier alpha value is -2.81. The number of nitrogens with zero attached hydrogens (tertiary/aromatic N) is 1. The first-order valence-corrected chi connectivity index (χ1v) is 9.20. The smallest absolute Gasteiger partial charge is 0.310 e. The lowest BCUT2D eigenvalue weighted by atomic mass is 10.0. The molecule has 142 valence electrons. The highest BCUT2D eigenvalue weighted by atomic mass is 32.2. The van der Waals surface area contributed by atoms with Crippen LogP contribution in [0.4, 0.5) is 13.2 Å². The van der Waals surface area contributed by atoms with Gasteiger partial charge in [-0.3, -0.25) is 9.10 Å². The number of sulfonamides is 1. The van der Waals surface area contributed by atoms with E-state index in [1.165, 1.54) is 31.5 Å². The number of rotatable bonds is 4. The van der Waals surface area contributed by atoms with Gasteiger partial charge in [-0.05, 0) is 17.7 Å². The molecule has 0 aromatic heterocycles. The molecule has 0 unspecified atom stereocenters. The number of esters is 1. The van der Waals surface area contributed by atoms with Crippen LogP contribution in [0.2, 0.25) is 0 Å². The second kappa shape index (κ2) is 7.07. The van der Waals surface area contributed by atoms with Gasteiger partial charge in [-0.1, -0.05) is 18.2 Å². The lowest BCUT2D eigenvalue weighted by Gasteiger charge is -2.28. The Morgan fingerprint density at radius 1 is 1.07 bits per heavy atom. The molecule has 1 heterocycles. The van der Waals surface area contributed by atoms with Gasteiger partial charge in [0.15, 0.2) is 11.6 Å². The fraction of sp³-hybridized carbons (Fsp3) is 0.167.